The standard InChI is InChI=1S/C12H12N2O5S/c1-18-8-5-6-11(14-10(8)19-2)20-12(13-6)7(15)3-4-9(16)17/h5H,3-4H2,1-2H3,(H,16,17). The van der Waals surface area contributed by atoms with Crippen molar-refractivity contribution in [2.45, 2.75) is 12.8 Å². The summed E-state index contributed by atoms with van der Waals surface area (Å²) in [5.74, 6) is -0.586. The SMILES string of the molecule is COc1cc2nc(C(=O)CCC(=O)O)sc2nc1OC. The highest BCUT2D eigenvalue weighted by atomic mass is 32.1. The number of ketones is 1. The lowest BCUT2D eigenvalue weighted by atomic mass is 10.2. The summed E-state index contributed by atoms with van der Waals surface area (Å²) in [4.78, 5) is 31.2. The van der Waals surface area contributed by atoms with Crippen LogP contribution in [0.4, 0.5) is 0 Å². The van der Waals surface area contributed by atoms with E-state index in [0.29, 0.717) is 22.0 Å². The number of pyridine rings is 1. The lowest BCUT2D eigenvalue weighted by Crippen LogP contribution is -2.03. The van der Waals surface area contributed by atoms with Crippen LogP contribution in [-0.2, 0) is 4.79 Å². The number of nitrogens with zero attached hydrogens (tertiary/aromatic N) is 2. The molecule has 1 N–H and O–H groups in total. The Kier molecular flexibility index (Phi) is 4.14. The lowest BCUT2D eigenvalue weighted by Gasteiger charge is -2.04. The molecule has 0 saturated heterocycles. The van der Waals surface area contributed by atoms with Gasteiger partial charge in [0.05, 0.1) is 20.6 Å². The minimum Gasteiger partial charge on any atom is -0.491 e. The quantitative estimate of drug-likeness (QED) is 0.811. The van der Waals surface area contributed by atoms with Crippen molar-refractivity contribution >= 4 is 33.4 Å². The summed E-state index contributed by atoms with van der Waals surface area (Å²) in [6.07, 6.45) is -0.293. The molecule has 2 aromatic heterocycles. The van der Waals surface area contributed by atoms with Gasteiger partial charge >= 0.3 is 5.97 Å². The molecule has 0 aliphatic carbocycles. The number of carbonyl (C=O) groups is 2. The van der Waals surface area contributed by atoms with E-state index in [1.807, 2.05) is 0 Å². The van der Waals surface area contributed by atoms with E-state index in [4.69, 9.17) is 14.6 Å². The third-order valence-corrected chi connectivity index (χ3v) is 3.54. The molecule has 0 aromatic carbocycles. The third kappa shape index (κ3) is 2.85. The number of fused-ring (bicyclic) bond motifs is 1. The van der Waals surface area contributed by atoms with Crippen molar-refractivity contribution in [3.05, 3.63) is 11.1 Å². The number of carboxylic acids is 1. The van der Waals surface area contributed by atoms with Crippen molar-refractivity contribution < 1.29 is 24.2 Å². The summed E-state index contributed by atoms with van der Waals surface area (Å²) >= 11 is 1.11. The predicted molar refractivity (Wildman–Crippen MR) is 71.7 cm³/mol. The van der Waals surface area contributed by atoms with E-state index in [1.54, 1.807) is 6.07 Å². The Morgan fingerprint density at radius 1 is 1.25 bits per heavy atom. The molecule has 0 unspecified atom stereocenters. The summed E-state index contributed by atoms with van der Waals surface area (Å²) in [7, 11) is 2.95. The van der Waals surface area contributed by atoms with Crippen LogP contribution in [0.1, 0.15) is 22.6 Å². The largest absolute Gasteiger partial charge is 0.491 e. The molecule has 0 amide bonds. The van der Waals surface area contributed by atoms with Crippen LogP contribution in [0.5, 0.6) is 11.6 Å². The van der Waals surface area contributed by atoms with Gasteiger partial charge in [0, 0.05) is 12.5 Å². The van der Waals surface area contributed by atoms with Crippen LogP contribution in [-0.4, -0.2) is 41.0 Å². The Hall–Kier alpha value is -2.22. The number of Topliss-reactive ketones (excluding diaryl/α,β-unsaturated/α-hetero) is 1. The third-order valence-electron chi connectivity index (χ3n) is 2.53. The Labute approximate surface area is 118 Å². The van der Waals surface area contributed by atoms with Crippen molar-refractivity contribution in [3.63, 3.8) is 0 Å². The second-order valence-corrected chi connectivity index (χ2v) is 4.84. The molecule has 106 valence electrons. The number of thiazole rings is 1. The summed E-state index contributed by atoms with van der Waals surface area (Å²) < 4.78 is 10.2. The van der Waals surface area contributed by atoms with E-state index < -0.39 is 5.97 Å². The second kappa shape index (κ2) is 5.83. The summed E-state index contributed by atoms with van der Waals surface area (Å²) in [6, 6.07) is 1.63. The van der Waals surface area contributed by atoms with Crippen molar-refractivity contribution in [1.82, 2.24) is 9.97 Å². The minimum atomic E-state index is -1.01. The van der Waals surface area contributed by atoms with Crippen LogP contribution in [0.15, 0.2) is 6.07 Å². The molecular weight excluding hydrogens is 284 g/mol. The molecule has 0 radical (unpaired) electrons. The summed E-state index contributed by atoms with van der Waals surface area (Å²) in [6.45, 7) is 0. The Bertz CT molecular complexity index is 626. The highest BCUT2D eigenvalue weighted by Crippen LogP contribution is 2.31. The zero-order valence-electron chi connectivity index (χ0n) is 10.9. The van der Waals surface area contributed by atoms with Crippen molar-refractivity contribution in [1.29, 1.82) is 0 Å². The molecule has 2 heterocycles. The monoisotopic (exact) mass is 296 g/mol. The van der Waals surface area contributed by atoms with E-state index in [0.717, 1.165) is 11.3 Å². The van der Waals surface area contributed by atoms with E-state index in [2.05, 4.69) is 9.97 Å². The first kappa shape index (κ1) is 14.2. The maximum atomic E-state index is 11.8. The number of hydrogen-bond donors (Lipinski definition) is 1. The molecule has 0 aliphatic rings. The normalized spacial score (nSPS) is 10.5. The van der Waals surface area contributed by atoms with Crippen molar-refractivity contribution in [2.75, 3.05) is 14.2 Å². The van der Waals surface area contributed by atoms with E-state index in [1.165, 1.54) is 14.2 Å². The first-order valence-electron chi connectivity index (χ1n) is 5.69. The number of aliphatic carboxylic acids is 1. The Morgan fingerprint density at radius 3 is 2.60 bits per heavy atom. The van der Waals surface area contributed by atoms with E-state index >= 15 is 0 Å². The maximum absolute atomic E-state index is 11.8. The van der Waals surface area contributed by atoms with E-state index in [9.17, 15) is 9.59 Å². The smallest absolute Gasteiger partial charge is 0.303 e. The molecular formula is C12H12N2O5S. The van der Waals surface area contributed by atoms with Gasteiger partial charge in [-0.05, 0) is 0 Å². The van der Waals surface area contributed by atoms with Crippen LogP contribution in [0.3, 0.4) is 0 Å². The zero-order valence-corrected chi connectivity index (χ0v) is 11.7. The van der Waals surface area contributed by atoms with Crippen molar-refractivity contribution in [2.24, 2.45) is 0 Å². The molecule has 20 heavy (non-hydrogen) atoms. The molecule has 0 bridgehead atoms. The molecule has 8 heteroatoms. The van der Waals surface area contributed by atoms with Gasteiger partial charge in [0.1, 0.15) is 10.3 Å². The van der Waals surface area contributed by atoms with Gasteiger partial charge in [-0.25, -0.2) is 4.98 Å². The van der Waals surface area contributed by atoms with Gasteiger partial charge in [-0.1, -0.05) is 11.3 Å². The van der Waals surface area contributed by atoms with Crippen molar-refractivity contribution in [3.8, 4) is 11.6 Å². The fraction of sp³-hybridized carbons (Fsp3) is 0.333. The first-order valence-corrected chi connectivity index (χ1v) is 6.51. The lowest BCUT2D eigenvalue weighted by molar-refractivity contribution is -0.136. The summed E-state index contributed by atoms with van der Waals surface area (Å²) in [5.41, 5.74) is 0.520. The number of methoxy groups -OCH3 is 2. The second-order valence-electron chi connectivity index (χ2n) is 3.86. The minimum absolute atomic E-state index is 0.0799. The van der Waals surface area contributed by atoms with Crippen LogP contribution in [0.25, 0.3) is 10.3 Å². The maximum Gasteiger partial charge on any atom is 0.303 e. The number of carboxylic acid groups (broad SMARTS) is 1. The predicted octanol–water partition coefficient (Wildman–Crippen LogP) is 1.76. The van der Waals surface area contributed by atoms with Crippen LogP contribution in [0.2, 0.25) is 0 Å². The fourth-order valence-corrected chi connectivity index (χ4v) is 2.45. The molecule has 2 rings (SSSR count). The fourth-order valence-electron chi connectivity index (χ4n) is 1.57. The topological polar surface area (TPSA) is 98.6 Å². The van der Waals surface area contributed by atoms with Gasteiger partial charge in [-0.2, -0.15) is 4.98 Å². The number of rotatable bonds is 6. The molecule has 0 saturated carbocycles. The zero-order chi connectivity index (χ0) is 14.7. The van der Waals surface area contributed by atoms with Gasteiger partial charge in [-0.15, -0.1) is 0 Å². The van der Waals surface area contributed by atoms with Gasteiger partial charge in [-0.3, -0.25) is 9.59 Å². The highest BCUT2D eigenvalue weighted by Gasteiger charge is 2.17. The van der Waals surface area contributed by atoms with E-state index in [-0.39, 0.29) is 23.6 Å². The molecule has 0 fully saturated rings. The van der Waals surface area contributed by atoms with Gasteiger partial charge < -0.3 is 14.6 Å². The van der Waals surface area contributed by atoms with Gasteiger partial charge in [0.15, 0.2) is 16.5 Å². The Balaban J connectivity index is 2.33. The number of hydrogen-bond acceptors (Lipinski definition) is 7. The molecule has 0 atom stereocenters. The molecule has 0 spiro atoms. The molecule has 2 aromatic rings. The van der Waals surface area contributed by atoms with Crippen LogP contribution >= 0.6 is 11.3 Å². The number of ether oxygens (including phenoxy) is 2. The number of carbonyl (C=O) groups excluding carboxylic acids is 1. The van der Waals surface area contributed by atoms with Crippen LogP contribution in [0, 0.1) is 0 Å². The number of aromatic nitrogens is 2. The average molecular weight is 296 g/mol. The van der Waals surface area contributed by atoms with Gasteiger partial charge in [0.2, 0.25) is 0 Å². The first-order chi connectivity index (χ1) is 9.55. The Morgan fingerprint density at radius 2 is 2.00 bits per heavy atom. The average Bonchev–Trinajstić information content (AvgIpc) is 2.85. The highest BCUT2D eigenvalue weighted by molar-refractivity contribution is 7.19. The van der Waals surface area contributed by atoms with Gasteiger partial charge in [0.25, 0.3) is 5.88 Å². The summed E-state index contributed by atoms with van der Waals surface area (Å²) in [5, 5.41) is 8.81. The molecule has 7 nitrogen and oxygen atoms in total. The molecule has 0 aliphatic heterocycles. The van der Waals surface area contributed by atoms with Crippen LogP contribution < -0.4 is 9.47 Å².